The summed E-state index contributed by atoms with van der Waals surface area (Å²) in [7, 11) is -5.05. The van der Waals surface area contributed by atoms with Gasteiger partial charge in [-0.15, -0.1) is 0 Å². The van der Waals surface area contributed by atoms with Gasteiger partial charge < -0.3 is 34.3 Å². The third-order valence-electron chi connectivity index (χ3n) is 9.14. The highest BCUT2D eigenvalue weighted by Crippen LogP contribution is 2.26. The number of unbranched alkanes of at least 4 members (excludes halogenated alkanes) is 19. The van der Waals surface area contributed by atoms with Crippen molar-refractivity contribution in [3.05, 3.63) is 12.2 Å². The zero-order chi connectivity index (χ0) is 37.6. The fraction of sp³-hybridized carbons (Fsp3) is 0.921. The number of carbonyl (C=O) groups is 1. The van der Waals surface area contributed by atoms with Crippen LogP contribution in [0.2, 0.25) is 0 Å². The first-order valence-corrected chi connectivity index (χ1v) is 21.3. The lowest BCUT2D eigenvalue weighted by Crippen LogP contribution is -2.60. The van der Waals surface area contributed by atoms with E-state index in [1.54, 1.807) is 0 Å². The molecule has 6 unspecified atom stereocenters. The van der Waals surface area contributed by atoms with Crippen molar-refractivity contribution in [1.29, 1.82) is 0 Å². The first kappa shape index (κ1) is 47.9. The molecule has 0 radical (unpaired) electrons. The molecule has 1 heterocycles. The maximum Gasteiger partial charge on any atom is 0.397 e. The zero-order valence-electron chi connectivity index (χ0n) is 31.7. The van der Waals surface area contributed by atoms with Gasteiger partial charge in [0.15, 0.2) is 6.29 Å². The molecule has 51 heavy (non-hydrogen) atoms. The van der Waals surface area contributed by atoms with E-state index in [4.69, 9.17) is 23.5 Å². The summed E-state index contributed by atoms with van der Waals surface area (Å²) in [6, 6.07) is 0. The molecule has 0 aliphatic carbocycles. The van der Waals surface area contributed by atoms with E-state index in [2.05, 4.69) is 30.2 Å². The minimum absolute atomic E-state index is 0.0373. The molecule has 1 rings (SSSR count). The van der Waals surface area contributed by atoms with Crippen LogP contribution in [0.15, 0.2) is 12.2 Å². The van der Waals surface area contributed by atoms with Crippen molar-refractivity contribution in [2.24, 2.45) is 0 Å². The van der Waals surface area contributed by atoms with Crippen molar-refractivity contribution in [3.63, 3.8) is 0 Å². The Hall–Kier alpha value is -1.16. The van der Waals surface area contributed by atoms with Crippen LogP contribution in [0.25, 0.3) is 0 Å². The molecule has 1 aliphatic rings. The summed E-state index contributed by atoms with van der Waals surface area (Å²) < 4.78 is 58.8. The predicted octanol–water partition coefficient (Wildman–Crippen LogP) is 7.13. The summed E-state index contributed by atoms with van der Waals surface area (Å²) in [5.41, 5.74) is 0. The van der Waals surface area contributed by atoms with E-state index in [0.29, 0.717) is 13.0 Å². The van der Waals surface area contributed by atoms with Crippen molar-refractivity contribution in [2.45, 2.75) is 198 Å². The molecular weight excluding hydrogens is 680 g/mol. The number of allylic oxidation sites excluding steroid dienone is 2. The van der Waals surface area contributed by atoms with Crippen molar-refractivity contribution >= 4 is 16.4 Å². The highest BCUT2D eigenvalue weighted by atomic mass is 32.3. The molecular formula is C38H72O12S. The Morgan fingerprint density at radius 3 is 1.82 bits per heavy atom. The molecule has 0 spiro atoms. The maximum atomic E-state index is 12.7. The van der Waals surface area contributed by atoms with Gasteiger partial charge in [-0.25, -0.2) is 4.18 Å². The predicted molar refractivity (Wildman–Crippen MR) is 198 cm³/mol. The van der Waals surface area contributed by atoms with Crippen LogP contribution in [-0.4, -0.2) is 97.5 Å². The Bertz CT molecular complexity index is 963. The quantitative estimate of drug-likeness (QED) is 0.0227. The van der Waals surface area contributed by atoms with Crippen molar-refractivity contribution in [1.82, 2.24) is 0 Å². The molecule has 1 saturated heterocycles. The number of hydrogen-bond donors (Lipinski definition) is 4. The van der Waals surface area contributed by atoms with Gasteiger partial charge in [-0.05, 0) is 32.1 Å². The number of carbonyl (C=O) groups excluding carboxylic acids is 1. The third kappa shape index (κ3) is 25.5. The standard InChI is InChI=1S/C38H72O12S/c1-3-5-7-9-11-13-15-16-18-20-22-24-26-28-46-30-32(48-34(40)27-25-23-21-19-17-14-12-10-8-6-4-2)31-47-38-36(42)37(50-51(43,44)45)35(41)33(29-39)49-38/h10,12,32-33,35-39,41-42H,3-9,11,13-31H2,1-2H3,(H,43,44,45)/b12-10-. The Balaban J connectivity index is 2.50. The number of aliphatic hydroxyl groups is 3. The largest absolute Gasteiger partial charge is 0.457 e. The van der Waals surface area contributed by atoms with Crippen LogP contribution in [0, 0.1) is 0 Å². The highest BCUT2D eigenvalue weighted by molar-refractivity contribution is 7.80. The van der Waals surface area contributed by atoms with Crippen molar-refractivity contribution < 1.29 is 56.2 Å². The van der Waals surface area contributed by atoms with Crippen LogP contribution >= 0.6 is 0 Å². The van der Waals surface area contributed by atoms with Crippen LogP contribution in [0.4, 0.5) is 0 Å². The van der Waals surface area contributed by atoms with Crippen molar-refractivity contribution in [2.75, 3.05) is 26.4 Å². The first-order valence-electron chi connectivity index (χ1n) is 19.9. The average molecular weight is 753 g/mol. The molecule has 0 amide bonds. The highest BCUT2D eigenvalue weighted by Gasteiger charge is 2.48. The molecule has 4 N–H and O–H groups in total. The SMILES string of the molecule is CCCC/C=C\CCCCCCCC(=O)OC(COCCCCCCCCCCCCCCC)COC1OC(CO)C(O)C(OS(=O)(=O)O)C1O. The van der Waals surface area contributed by atoms with E-state index in [-0.39, 0.29) is 19.6 Å². The van der Waals surface area contributed by atoms with E-state index in [1.807, 2.05) is 0 Å². The number of esters is 1. The maximum absolute atomic E-state index is 12.7. The van der Waals surface area contributed by atoms with E-state index in [9.17, 15) is 28.5 Å². The third-order valence-corrected chi connectivity index (χ3v) is 9.60. The van der Waals surface area contributed by atoms with Crippen LogP contribution in [0.5, 0.6) is 0 Å². The first-order chi connectivity index (χ1) is 24.6. The molecule has 0 aromatic carbocycles. The van der Waals surface area contributed by atoms with Gasteiger partial charge in [0.2, 0.25) is 0 Å². The summed E-state index contributed by atoms with van der Waals surface area (Å²) in [5, 5.41) is 30.5. The molecule has 0 bridgehead atoms. The van der Waals surface area contributed by atoms with E-state index < -0.39 is 59.8 Å². The fourth-order valence-corrected chi connectivity index (χ4v) is 6.57. The number of ether oxygens (including phenoxy) is 4. The lowest BCUT2D eigenvalue weighted by molar-refractivity contribution is -0.301. The Morgan fingerprint density at radius 2 is 1.25 bits per heavy atom. The van der Waals surface area contributed by atoms with E-state index in [0.717, 1.165) is 57.8 Å². The fourth-order valence-electron chi connectivity index (χ4n) is 6.06. The van der Waals surface area contributed by atoms with Gasteiger partial charge in [-0.1, -0.05) is 135 Å². The minimum Gasteiger partial charge on any atom is -0.457 e. The van der Waals surface area contributed by atoms with Gasteiger partial charge in [-0.2, -0.15) is 8.42 Å². The average Bonchev–Trinajstić information content (AvgIpc) is 3.09. The van der Waals surface area contributed by atoms with Gasteiger partial charge in [0.1, 0.15) is 30.5 Å². The molecule has 12 nitrogen and oxygen atoms in total. The van der Waals surface area contributed by atoms with E-state index >= 15 is 0 Å². The van der Waals surface area contributed by atoms with Gasteiger partial charge in [0.25, 0.3) is 0 Å². The monoisotopic (exact) mass is 752 g/mol. The summed E-state index contributed by atoms with van der Waals surface area (Å²) in [6.07, 6.45) is 21.1. The van der Waals surface area contributed by atoms with Crippen molar-refractivity contribution in [3.8, 4) is 0 Å². The summed E-state index contributed by atoms with van der Waals surface area (Å²) >= 11 is 0. The molecule has 1 fully saturated rings. The Labute approximate surface area is 308 Å². The van der Waals surface area contributed by atoms with Crippen LogP contribution in [0.1, 0.15) is 162 Å². The lowest BCUT2D eigenvalue weighted by Gasteiger charge is -2.41. The molecule has 1 aliphatic heterocycles. The number of aliphatic hydroxyl groups excluding tert-OH is 3. The molecule has 0 aromatic rings. The molecule has 6 atom stereocenters. The van der Waals surface area contributed by atoms with Gasteiger partial charge in [-0.3, -0.25) is 9.35 Å². The topological polar surface area (TPSA) is 178 Å². The van der Waals surface area contributed by atoms with E-state index in [1.165, 1.54) is 77.0 Å². The van der Waals surface area contributed by atoms with Crippen LogP contribution < -0.4 is 0 Å². The summed E-state index contributed by atoms with van der Waals surface area (Å²) in [5.74, 6) is -0.409. The van der Waals surface area contributed by atoms with Gasteiger partial charge >= 0.3 is 16.4 Å². The number of hydrogen-bond acceptors (Lipinski definition) is 11. The lowest BCUT2D eigenvalue weighted by atomic mass is 9.99. The molecule has 0 saturated carbocycles. The normalized spacial score (nSPS) is 21.7. The zero-order valence-corrected chi connectivity index (χ0v) is 32.5. The second kappa shape index (κ2) is 31.2. The van der Waals surface area contributed by atoms with Crippen LogP contribution in [0.3, 0.4) is 0 Å². The van der Waals surface area contributed by atoms with Crippen LogP contribution in [-0.2, 0) is 38.3 Å². The summed E-state index contributed by atoms with van der Waals surface area (Å²) in [4.78, 5) is 12.7. The second-order valence-electron chi connectivity index (χ2n) is 13.9. The molecule has 0 aromatic heterocycles. The van der Waals surface area contributed by atoms with Gasteiger partial charge in [0.05, 0.1) is 19.8 Å². The minimum atomic E-state index is -5.05. The Morgan fingerprint density at radius 1 is 0.725 bits per heavy atom. The summed E-state index contributed by atoms with van der Waals surface area (Å²) in [6.45, 7) is 3.93. The number of rotatable bonds is 34. The smallest absolute Gasteiger partial charge is 0.397 e. The second-order valence-corrected chi connectivity index (χ2v) is 14.9. The molecule has 13 heteroatoms. The van der Waals surface area contributed by atoms with Gasteiger partial charge in [0, 0.05) is 13.0 Å². The molecule has 302 valence electrons. The Kier molecular flexibility index (Phi) is 29.3.